The Morgan fingerprint density at radius 2 is 1.77 bits per heavy atom. The summed E-state index contributed by atoms with van der Waals surface area (Å²) in [6.45, 7) is 8.71. The molecule has 22 heavy (non-hydrogen) atoms. The Bertz CT molecular complexity index is 828. The van der Waals surface area contributed by atoms with Gasteiger partial charge in [0.05, 0.1) is 11.0 Å². The first kappa shape index (κ1) is 13.5. The molecule has 2 atom stereocenters. The highest BCUT2D eigenvalue weighted by atomic mass is 15.3. The van der Waals surface area contributed by atoms with E-state index in [1.165, 1.54) is 6.42 Å². The molecule has 2 aromatic heterocycles. The van der Waals surface area contributed by atoms with Crippen molar-refractivity contribution in [3.05, 3.63) is 30.1 Å². The first-order valence-electron chi connectivity index (χ1n) is 7.99. The fourth-order valence-corrected chi connectivity index (χ4v) is 3.76. The van der Waals surface area contributed by atoms with Crippen molar-refractivity contribution in [1.82, 2.24) is 19.6 Å². The van der Waals surface area contributed by atoms with Crippen molar-refractivity contribution in [3.63, 3.8) is 0 Å². The summed E-state index contributed by atoms with van der Waals surface area (Å²) in [5.41, 5.74) is 2.94. The van der Waals surface area contributed by atoms with Crippen LogP contribution >= 0.6 is 0 Å². The average Bonchev–Trinajstić information content (AvgIpc) is 2.88. The SMILES string of the molecule is Cc1nnc2c(N3C[C@H](C)C[C@H](C)C3)nc3ccccc3n12. The number of rotatable bonds is 1. The Labute approximate surface area is 130 Å². The van der Waals surface area contributed by atoms with Crippen LogP contribution in [0.3, 0.4) is 0 Å². The van der Waals surface area contributed by atoms with Gasteiger partial charge in [-0.15, -0.1) is 10.2 Å². The molecule has 1 aliphatic heterocycles. The summed E-state index contributed by atoms with van der Waals surface area (Å²) in [4.78, 5) is 7.30. The molecule has 114 valence electrons. The maximum Gasteiger partial charge on any atom is 0.204 e. The Morgan fingerprint density at radius 3 is 2.55 bits per heavy atom. The highest BCUT2D eigenvalue weighted by molar-refractivity contribution is 5.83. The molecule has 1 saturated heterocycles. The summed E-state index contributed by atoms with van der Waals surface area (Å²) in [7, 11) is 0. The van der Waals surface area contributed by atoms with Crippen molar-refractivity contribution in [1.29, 1.82) is 0 Å². The van der Waals surface area contributed by atoms with Crippen molar-refractivity contribution in [3.8, 4) is 0 Å². The molecule has 0 radical (unpaired) electrons. The van der Waals surface area contributed by atoms with Gasteiger partial charge in [0.1, 0.15) is 5.82 Å². The molecule has 0 spiro atoms. The lowest BCUT2D eigenvalue weighted by atomic mass is 9.92. The summed E-state index contributed by atoms with van der Waals surface area (Å²) < 4.78 is 2.13. The van der Waals surface area contributed by atoms with Crippen LogP contribution in [0.2, 0.25) is 0 Å². The Balaban J connectivity index is 1.96. The predicted molar refractivity (Wildman–Crippen MR) is 88.2 cm³/mol. The second-order valence-corrected chi connectivity index (χ2v) is 6.68. The van der Waals surface area contributed by atoms with E-state index in [4.69, 9.17) is 4.98 Å². The minimum absolute atomic E-state index is 0.682. The second-order valence-electron chi connectivity index (χ2n) is 6.68. The van der Waals surface area contributed by atoms with Gasteiger partial charge in [-0.2, -0.15) is 0 Å². The van der Waals surface area contributed by atoms with Gasteiger partial charge in [0, 0.05) is 13.1 Å². The first-order chi connectivity index (χ1) is 10.6. The highest BCUT2D eigenvalue weighted by Gasteiger charge is 2.26. The van der Waals surface area contributed by atoms with Gasteiger partial charge in [-0.05, 0) is 37.3 Å². The van der Waals surface area contributed by atoms with Crippen LogP contribution in [-0.4, -0.2) is 32.7 Å². The normalized spacial score (nSPS) is 22.6. The van der Waals surface area contributed by atoms with Gasteiger partial charge in [-0.1, -0.05) is 26.0 Å². The molecular weight excluding hydrogens is 274 g/mol. The average molecular weight is 295 g/mol. The fourth-order valence-electron chi connectivity index (χ4n) is 3.76. The van der Waals surface area contributed by atoms with Crippen LogP contribution in [-0.2, 0) is 0 Å². The van der Waals surface area contributed by atoms with Crippen LogP contribution in [0.5, 0.6) is 0 Å². The minimum atomic E-state index is 0.682. The summed E-state index contributed by atoms with van der Waals surface area (Å²) in [5, 5.41) is 8.69. The Morgan fingerprint density at radius 1 is 1.05 bits per heavy atom. The van der Waals surface area contributed by atoms with E-state index in [0.29, 0.717) is 11.8 Å². The van der Waals surface area contributed by atoms with Crippen molar-refractivity contribution in [2.45, 2.75) is 27.2 Å². The van der Waals surface area contributed by atoms with Crippen LogP contribution in [0.15, 0.2) is 24.3 Å². The van der Waals surface area contributed by atoms with E-state index in [1.807, 2.05) is 19.1 Å². The quantitative estimate of drug-likeness (QED) is 0.692. The predicted octanol–water partition coefficient (Wildman–Crippen LogP) is 3.07. The number of hydrogen-bond acceptors (Lipinski definition) is 4. The van der Waals surface area contributed by atoms with Crippen LogP contribution in [0.25, 0.3) is 16.7 Å². The molecule has 0 aliphatic carbocycles. The number of anilines is 1. The molecule has 0 N–H and O–H groups in total. The van der Waals surface area contributed by atoms with E-state index in [-0.39, 0.29) is 0 Å². The van der Waals surface area contributed by atoms with Gasteiger partial charge in [0.25, 0.3) is 0 Å². The summed E-state index contributed by atoms with van der Waals surface area (Å²) >= 11 is 0. The van der Waals surface area contributed by atoms with Crippen molar-refractivity contribution in [2.75, 3.05) is 18.0 Å². The lowest BCUT2D eigenvalue weighted by Crippen LogP contribution is -2.39. The zero-order chi connectivity index (χ0) is 15.3. The van der Waals surface area contributed by atoms with Crippen LogP contribution in [0.1, 0.15) is 26.1 Å². The molecule has 4 rings (SSSR count). The number of nitrogens with zero attached hydrogens (tertiary/aromatic N) is 5. The number of aryl methyl sites for hydroxylation is 1. The number of para-hydroxylation sites is 2. The molecule has 3 heterocycles. The molecule has 1 fully saturated rings. The maximum atomic E-state index is 4.91. The number of hydrogen-bond donors (Lipinski definition) is 0. The van der Waals surface area contributed by atoms with E-state index in [9.17, 15) is 0 Å². The van der Waals surface area contributed by atoms with E-state index in [0.717, 1.165) is 41.4 Å². The number of piperidine rings is 1. The van der Waals surface area contributed by atoms with Crippen molar-refractivity contribution >= 4 is 22.5 Å². The van der Waals surface area contributed by atoms with Gasteiger partial charge in [0.2, 0.25) is 5.65 Å². The molecule has 0 amide bonds. The van der Waals surface area contributed by atoms with E-state index in [1.54, 1.807) is 0 Å². The van der Waals surface area contributed by atoms with Crippen LogP contribution in [0.4, 0.5) is 5.82 Å². The fraction of sp³-hybridized carbons (Fsp3) is 0.471. The molecule has 1 aromatic carbocycles. The standard InChI is InChI=1S/C17H21N5/c1-11-8-12(2)10-21(9-11)16-17-20-19-13(3)22(17)15-7-5-4-6-14(15)18-16/h4-7,11-12H,8-10H2,1-3H3/t11-,12+. The molecule has 0 unspecified atom stereocenters. The van der Waals surface area contributed by atoms with Gasteiger partial charge >= 0.3 is 0 Å². The first-order valence-corrected chi connectivity index (χ1v) is 7.99. The summed E-state index contributed by atoms with van der Waals surface area (Å²) in [6, 6.07) is 8.21. The third-order valence-electron chi connectivity index (χ3n) is 4.54. The van der Waals surface area contributed by atoms with Crippen molar-refractivity contribution in [2.24, 2.45) is 11.8 Å². The minimum Gasteiger partial charge on any atom is -0.353 e. The lowest BCUT2D eigenvalue weighted by Gasteiger charge is -2.35. The van der Waals surface area contributed by atoms with E-state index < -0.39 is 0 Å². The number of fused-ring (bicyclic) bond motifs is 3. The van der Waals surface area contributed by atoms with E-state index in [2.05, 4.69) is 45.5 Å². The third-order valence-corrected chi connectivity index (χ3v) is 4.54. The molecular formula is C17H21N5. The van der Waals surface area contributed by atoms with Gasteiger partial charge in [-0.25, -0.2) is 4.98 Å². The van der Waals surface area contributed by atoms with Crippen molar-refractivity contribution < 1.29 is 0 Å². The zero-order valence-electron chi connectivity index (χ0n) is 13.3. The van der Waals surface area contributed by atoms with Gasteiger partial charge in [-0.3, -0.25) is 4.40 Å². The molecule has 3 aromatic rings. The summed E-state index contributed by atoms with van der Waals surface area (Å²) in [6.07, 6.45) is 1.28. The molecule has 5 nitrogen and oxygen atoms in total. The van der Waals surface area contributed by atoms with Crippen LogP contribution in [0, 0.1) is 18.8 Å². The molecule has 0 bridgehead atoms. The van der Waals surface area contributed by atoms with Gasteiger partial charge < -0.3 is 4.90 Å². The Hall–Kier alpha value is -2.17. The topological polar surface area (TPSA) is 46.3 Å². The smallest absolute Gasteiger partial charge is 0.204 e. The third kappa shape index (κ3) is 2.03. The maximum absolute atomic E-state index is 4.91. The van der Waals surface area contributed by atoms with E-state index >= 15 is 0 Å². The second kappa shape index (κ2) is 4.93. The lowest BCUT2D eigenvalue weighted by molar-refractivity contribution is 0.356. The number of benzene rings is 1. The molecule has 1 aliphatic rings. The van der Waals surface area contributed by atoms with Gasteiger partial charge in [0.15, 0.2) is 5.82 Å². The summed E-state index contributed by atoms with van der Waals surface area (Å²) in [5.74, 6) is 3.24. The zero-order valence-corrected chi connectivity index (χ0v) is 13.3. The molecule has 0 saturated carbocycles. The van der Waals surface area contributed by atoms with Crippen LogP contribution < -0.4 is 4.90 Å². The molecule has 5 heteroatoms. The highest BCUT2D eigenvalue weighted by Crippen LogP contribution is 2.29. The largest absolute Gasteiger partial charge is 0.353 e. The Kier molecular flexibility index (Phi) is 3.03. The number of aromatic nitrogens is 4. The monoisotopic (exact) mass is 295 g/mol.